The summed E-state index contributed by atoms with van der Waals surface area (Å²) in [6, 6.07) is 5.35. The van der Waals surface area contributed by atoms with Gasteiger partial charge in [0.15, 0.2) is 0 Å². The number of nitrogens with two attached hydrogens (primary N) is 1. The van der Waals surface area contributed by atoms with Gasteiger partial charge in [-0.1, -0.05) is 6.07 Å². The van der Waals surface area contributed by atoms with Crippen molar-refractivity contribution in [3.63, 3.8) is 0 Å². The van der Waals surface area contributed by atoms with E-state index in [1.54, 1.807) is 6.07 Å². The normalized spacial score (nSPS) is 19.2. The topological polar surface area (TPSA) is 38.5 Å². The molecule has 1 atom stereocenters. The van der Waals surface area contributed by atoms with E-state index >= 15 is 0 Å². The van der Waals surface area contributed by atoms with E-state index in [-0.39, 0.29) is 11.9 Å². The molecule has 3 nitrogen and oxygen atoms in total. The van der Waals surface area contributed by atoms with Crippen LogP contribution in [0.1, 0.15) is 18.4 Å². The SMILES string of the molecule is CN(CC1CCCO1)c1ccc(CCN)cc1F. The molecule has 1 aromatic carbocycles. The molecule has 0 spiro atoms. The van der Waals surface area contributed by atoms with Crippen LogP contribution in [0.2, 0.25) is 0 Å². The van der Waals surface area contributed by atoms with Gasteiger partial charge in [-0.15, -0.1) is 0 Å². The second kappa shape index (κ2) is 6.16. The molecule has 0 radical (unpaired) electrons. The zero-order valence-electron chi connectivity index (χ0n) is 10.9. The van der Waals surface area contributed by atoms with Crippen molar-refractivity contribution in [1.82, 2.24) is 0 Å². The van der Waals surface area contributed by atoms with Gasteiger partial charge < -0.3 is 15.4 Å². The number of anilines is 1. The van der Waals surface area contributed by atoms with Crippen LogP contribution in [0.25, 0.3) is 0 Å². The lowest BCUT2D eigenvalue weighted by Crippen LogP contribution is -2.29. The minimum atomic E-state index is -0.179. The van der Waals surface area contributed by atoms with Crippen LogP contribution in [0.4, 0.5) is 10.1 Å². The van der Waals surface area contributed by atoms with Crippen LogP contribution in [-0.4, -0.2) is 32.8 Å². The van der Waals surface area contributed by atoms with Gasteiger partial charge in [0.2, 0.25) is 0 Å². The van der Waals surface area contributed by atoms with E-state index in [2.05, 4.69) is 0 Å². The van der Waals surface area contributed by atoms with Crippen molar-refractivity contribution in [1.29, 1.82) is 0 Å². The molecular weight excluding hydrogens is 231 g/mol. The number of benzene rings is 1. The summed E-state index contributed by atoms with van der Waals surface area (Å²) in [5.41, 5.74) is 7.05. The van der Waals surface area contributed by atoms with Gasteiger partial charge >= 0.3 is 0 Å². The van der Waals surface area contributed by atoms with E-state index < -0.39 is 0 Å². The van der Waals surface area contributed by atoms with Gasteiger partial charge in [0, 0.05) is 20.2 Å². The van der Waals surface area contributed by atoms with Crippen molar-refractivity contribution in [2.24, 2.45) is 5.73 Å². The van der Waals surface area contributed by atoms with Crippen molar-refractivity contribution in [3.8, 4) is 0 Å². The van der Waals surface area contributed by atoms with Crippen molar-refractivity contribution in [2.45, 2.75) is 25.4 Å². The van der Waals surface area contributed by atoms with Crippen LogP contribution >= 0.6 is 0 Å². The van der Waals surface area contributed by atoms with Gasteiger partial charge in [-0.05, 0) is 43.5 Å². The Kier molecular flexibility index (Phi) is 4.55. The third-order valence-corrected chi connectivity index (χ3v) is 3.36. The Labute approximate surface area is 108 Å². The summed E-state index contributed by atoms with van der Waals surface area (Å²) in [5.74, 6) is -0.179. The van der Waals surface area contributed by atoms with Gasteiger partial charge in [-0.2, -0.15) is 0 Å². The first-order valence-electron chi connectivity index (χ1n) is 6.52. The quantitative estimate of drug-likeness (QED) is 0.870. The maximum Gasteiger partial charge on any atom is 0.146 e. The predicted molar refractivity (Wildman–Crippen MR) is 71.4 cm³/mol. The highest BCUT2D eigenvalue weighted by molar-refractivity contribution is 5.48. The molecule has 2 N–H and O–H groups in total. The molecule has 0 aliphatic carbocycles. The molecule has 0 aromatic heterocycles. The molecule has 1 aliphatic rings. The largest absolute Gasteiger partial charge is 0.376 e. The third kappa shape index (κ3) is 3.21. The van der Waals surface area contributed by atoms with Crippen molar-refractivity contribution in [3.05, 3.63) is 29.6 Å². The van der Waals surface area contributed by atoms with Gasteiger partial charge in [0.25, 0.3) is 0 Å². The van der Waals surface area contributed by atoms with Crippen molar-refractivity contribution in [2.75, 3.05) is 31.6 Å². The highest BCUT2D eigenvalue weighted by Crippen LogP contribution is 2.22. The zero-order valence-corrected chi connectivity index (χ0v) is 10.9. The van der Waals surface area contributed by atoms with E-state index in [1.165, 1.54) is 0 Å². The Morgan fingerprint density at radius 2 is 2.33 bits per heavy atom. The molecule has 2 rings (SSSR count). The van der Waals surface area contributed by atoms with Gasteiger partial charge in [-0.3, -0.25) is 0 Å². The predicted octanol–water partition coefficient (Wildman–Crippen LogP) is 1.94. The van der Waals surface area contributed by atoms with E-state index in [1.807, 2.05) is 24.1 Å². The van der Waals surface area contributed by atoms with Gasteiger partial charge in [0.05, 0.1) is 11.8 Å². The molecule has 1 heterocycles. The Morgan fingerprint density at radius 1 is 1.50 bits per heavy atom. The summed E-state index contributed by atoms with van der Waals surface area (Å²) in [4.78, 5) is 1.93. The minimum Gasteiger partial charge on any atom is -0.376 e. The molecule has 0 saturated carbocycles. The fourth-order valence-corrected chi connectivity index (χ4v) is 2.37. The van der Waals surface area contributed by atoms with Crippen LogP contribution < -0.4 is 10.6 Å². The number of halogens is 1. The van der Waals surface area contributed by atoms with E-state index in [0.29, 0.717) is 18.7 Å². The lowest BCUT2D eigenvalue weighted by atomic mass is 10.1. The number of nitrogens with zero attached hydrogens (tertiary/aromatic N) is 1. The number of rotatable bonds is 5. The van der Waals surface area contributed by atoms with Crippen LogP contribution in [-0.2, 0) is 11.2 Å². The Morgan fingerprint density at radius 3 is 2.94 bits per heavy atom. The molecule has 0 bridgehead atoms. The van der Waals surface area contributed by atoms with Crippen molar-refractivity contribution >= 4 is 5.69 Å². The lowest BCUT2D eigenvalue weighted by molar-refractivity contribution is 0.116. The number of hydrogen-bond acceptors (Lipinski definition) is 3. The highest BCUT2D eigenvalue weighted by Gasteiger charge is 2.19. The van der Waals surface area contributed by atoms with Crippen molar-refractivity contribution < 1.29 is 9.13 Å². The summed E-state index contributed by atoms with van der Waals surface area (Å²) < 4.78 is 19.5. The third-order valence-electron chi connectivity index (χ3n) is 3.36. The average Bonchev–Trinajstić information content (AvgIpc) is 2.82. The van der Waals surface area contributed by atoms with E-state index in [0.717, 1.165) is 31.6 Å². The number of hydrogen-bond donors (Lipinski definition) is 1. The second-order valence-electron chi connectivity index (χ2n) is 4.84. The highest BCUT2D eigenvalue weighted by atomic mass is 19.1. The molecule has 1 fully saturated rings. The Hall–Kier alpha value is -1.13. The van der Waals surface area contributed by atoms with E-state index in [4.69, 9.17) is 10.5 Å². The summed E-state index contributed by atoms with van der Waals surface area (Å²) in [6.45, 7) is 2.12. The van der Waals surface area contributed by atoms with Crippen LogP contribution in [0.15, 0.2) is 18.2 Å². The standard InChI is InChI=1S/C14H21FN2O/c1-17(10-12-3-2-8-18-12)14-5-4-11(6-7-16)9-13(14)15/h4-5,9,12H,2-3,6-8,10,16H2,1H3. The number of ether oxygens (including phenoxy) is 1. The summed E-state index contributed by atoms with van der Waals surface area (Å²) in [7, 11) is 1.91. The molecule has 1 aromatic rings. The molecule has 18 heavy (non-hydrogen) atoms. The fourth-order valence-electron chi connectivity index (χ4n) is 2.37. The van der Waals surface area contributed by atoms with Crippen LogP contribution in [0, 0.1) is 5.82 Å². The molecular formula is C14H21FN2O. The second-order valence-corrected chi connectivity index (χ2v) is 4.84. The Balaban J connectivity index is 2.02. The molecule has 1 unspecified atom stereocenters. The maximum absolute atomic E-state index is 14.0. The molecule has 1 saturated heterocycles. The smallest absolute Gasteiger partial charge is 0.146 e. The van der Waals surface area contributed by atoms with Crippen LogP contribution in [0.3, 0.4) is 0 Å². The average molecular weight is 252 g/mol. The first kappa shape index (κ1) is 13.3. The molecule has 1 aliphatic heterocycles. The lowest BCUT2D eigenvalue weighted by Gasteiger charge is -2.23. The summed E-state index contributed by atoms with van der Waals surface area (Å²) in [6.07, 6.45) is 3.12. The molecule has 100 valence electrons. The zero-order chi connectivity index (χ0) is 13.0. The van der Waals surface area contributed by atoms with Gasteiger partial charge in [-0.25, -0.2) is 4.39 Å². The fraction of sp³-hybridized carbons (Fsp3) is 0.571. The summed E-state index contributed by atoms with van der Waals surface area (Å²) >= 11 is 0. The number of likely N-dealkylation sites (N-methyl/N-ethyl adjacent to an activating group) is 1. The maximum atomic E-state index is 14.0. The minimum absolute atomic E-state index is 0.179. The van der Waals surface area contributed by atoms with Gasteiger partial charge in [0.1, 0.15) is 5.82 Å². The first-order valence-corrected chi connectivity index (χ1v) is 6.52. The monoisotopic (exact) mass is 252 g/mol. The van der Waals surface area contributed by atoms with E-state index in [9.17, 15) is 4.39 Å². The molecule has 0 amide bonds. The summed E-state index contributed by atoms with van der Waals surface area (Å²) in [5, 5.41) is 0. The Bertz CT molecular complexity index is 391. The van der Waals surface area contributed by atoms with Crippen LogP contribution in [0.5, 0.6) is 0 Å². The first-order chi connectivity index (χ1) is 8.70. The molecule has 4 heteroatoms.